The summed E-state index contributed by atoms with van der Waals surface area (Å²) in [6.07, 6.45) is 4.36. The lowest BCUT2D eigenvalue weighted by Gasteiger charge is -2.33. The van der Waals surface area contributed by atoms with Crippen molar-refractivity contribution in [1.82, 2.24) is 15.2 Å². The standard InChI is InChI=1S/C22H31N3O2/c1-17(2)27-22-9-8-18(12-19(22)16-26)13-24-21-7-5-11-25(15-21)14-20-6-3-4-10-23-20/h3-4,6,8-10,12,17,21,24,26H,5,7,11,13-16H2,1-2H3. The van der Waals surface area contributed by atoms with E-state index in [2.05, 4.69) is 27.3 Å². The Bertz CT molecular complexity index is 706. The van der Waals surface area contributed by atoms with E-state index in [0.717, 1.165) is 43.2 Å². The second kappa shape index (κ2) is 9.83. The first-order valence-corrected chi connectivity index (χ1v) is 9.89. The average molecular weight is 370 g/mol. The molecule has 2 aromatic rings. The van der Waals surface area contributed by atoms with E-state index < -0.39 is 0 Å². The van der Waals surface area contributed by atoms with Gasteiger partial charge in [-0.3, -0.25) is 9.88 Å². The Morgan fingerprint density at radius 1 is 1.30 bits per heavy atom. The van der Waals surface area contributed by atoms with E-state index in [9.17, 15) is 5.11 Å². The molecule has 2 N–H and O–H groups in total. The summed E-state index contributed by atoms with van der Waals surface area (Å²) in [4.78, 5) is 6.92. The highest BCUT2D eigenvalue weighted by molar-refractivity contribution is 5.37. The molecule has 2 heterocycles. The Morgan fingerprint density at radius 2 is 2.19 bits per heavy atom. The van der Waals surface area contributed by atoms with Gasteiger partial charge in [0.05, 0.1) is 18.4 Å². The van der Waals surface area contributed by atoms with Crippen LogP contribution in [0, 0.1) is 0 Å². The van der Waals surface area contributed by atoms with E-state index in [0.29, 0.717) is 6.04 Å². The zero-order valence-electron chi connectivity index (χ0n) is 16.4. The fourth-order valence-corrected chi connectivity index (χ4v) is 3.58. The number of likely N-dealkylation sites (tertiary alicyclic amines) is 1. The quantitative estimate of drug-likeness (QED) is 0.749. The predicted molar refractivity (Wildman–Crippen MR) is 108 cm³/mol. The van der Waals surface area contributed by atoms with Crippen LogP contribution in [0.3, 0.4) is 0 Å². The minimum absolute atomic E-state index is 0.00280. The minimum atomic E-state index is -0.00280. The van der Waals surface area contributed by atoms with Crippen LogP contribution in [0.2, 0.25) is 0 Å². The molecule has 146 valence electrons. The van der Waals surface area contributed by atoms with Crippen LogP contribution in [0.15, 0.2) is 42.6 Å². The van der Waals surface area contributed by atoms with Gasteiger partial charge in [-0.15, -0.1) is 0 Å². The molecule has 1 aliphatic rings. The lowest BCUT2D eigenvalue weighted by atomic mass is 10.0. The van der Waals surface area contributed by atoms with Crippen molar-refractivity contribution in [2.75, 3.05) is 13.1 Å². The van der Waals surface area contributed by atoms with Crippen LogP contribution in [-0.2, 0) is 19.7 Å². The van der Waals surface area contributed by atoms with Gasteiger partial charge >= 0.3 is 0 Å². The van der Waals surface area contributed by atoms with Crippen molar-refractivity contribution < 1.29 is 9.84 Å². The molecule has 1 aromatic heterocycles. The zero-order valence-corrected chi connectivity index (χ0v) is 16.4. The first-order valence-electron chi connectivity index (χ1n) is 9.89. The molecular formula is C22H31N3O2. The second-order valence-corrected chi connectivity index (χ2v) is 7.54. The summed E-state index contributed by atoms with van der Waals surface area (Å²) in [5, 5.41) is 13.3. The van der Waals surface area contributed by atoms with Crippen LogP contribution in [0.4, 0.5) is 0 Å². The number of aliphatic hydroxyl groups excluding tert-OH is 1. The van der Waals surface area contributed by atoms with Crippen molar-refractivity contribution in [3.63, 3.8) is 0 Å². The largest absolute Gasteiger partial charge is 0.491 e. The Morgan fingerprint density at radius 3 is 2.93 bits per heavy atom. The fourth-order valence-electron chi connectivity index (χ4n) is 3.58. The highest BCUT2D eigenvalue weighted by atomic mass is 16.5. The van der Waals surface area contributed by atoms with Crippen LogP contribution in [0.5, 0.6) is 5.75 Å². The molecule has 0 saturated carbocycles. The Hall–Kier alpha value is -1.95. The number of hydrogen-bond donors (Lipinski definition) is 2. The summed E-state index contributed by atoms with van der Waals surface area (Å²) in [7, 11) is 0. The molecule has 1 unspecified atom stereocenters. The van der Waals surface area contributed by atoms with Gasteiger partial charge in [0.1, 0.15) is 5.75 Å². The molecule has 27 heavy (non-hydrogen) atoms. The second-order valence-electron chi connectivity index (χ2n) is 7.54. The maximum atomic E-state index is 9.63. The molecule has 5 heteroatoms. The molecule has 3 rings (SSSR count). The van der Waals surface area contributed by atoms with Crippen molar-refractivity contribution >= 4 is 0 Å². The maximum absolute atomic E-state index is 9.63. The minimum Gasteiger partial charge on any atom is -0.491 e. The van der Waals surface area contributed by atoms with E-state index >= 15 is 0 Å². The third-order valence-electron chi connectivity index (χ3n) is 4.87. The molecule has 0 amide bonds. The number of piperidine rings is 1. The highest BCUT2D eigenvalue weighted by Crippen LogP contribution is 2.22. The van der Waals surface area contributed by atoms with Crippen LogP contribution in [0.25, 0.3) is 0 Å². The molecular weight excluding hydrogens is 338 g/mol. The van der Waals surface area contributed by atoms with E-state index in [1.165, 1.54) is 18.4 Å². The van der Waals surface area contributed by atoms with Gasteiger partial charge in [0.25, 0.3) is 0 Å². The number of ether oxygens (including phenoxy) is 1. The van der Waals surface area contributed by atoms with Crippen LogP contribution in [-0.4, -0.2) is 40.2 Å². The first-order chi connectivity index (χ1) is 13.1. The van der Waals surface area contributed by atoms with Crippen molar-refractivity contribution in [3.05, 3.63) is 59.4 Å². The number of pyridine rings is 1. The van der Waals surface area contributed by atoms with Crippen LogP contribution in [0.1, 0.15) is 43.5 Å². The number of aliphatic hydroxyl groups is 1. The number of hydrogen-bond acceptors (Lipinski definition) is 5. The molecule has 1 aliphatic heterocycles. The molecule has 0 bridgehead atoms. The molecule has 0 spiro atoms. The SMILES string of the molecule is CC(C)Oc1ccc(CNC2CCCN(Cc3ccccn3)C2)cc1CO. The van der Waals surface area contributed by atoms with Crippen LogP contribution < -0.4 is 10.1 Å². The normalized spacial score (nSPS) is 18.0. The maximum Gasteiger partial charge on any atom is 0.125 e. The van der Waals surface area contributed by atoms with Crippen molar-refractivity contribution in [1.29, 1.82) is 0 Å². The number of nitrogens with one attached hydrogen (secondary N) is 1. The van der Waals surface area contributed by atoms with Gasteiger partial charge in [-0.05, 0) is 63.1 Å². The third kappa shape index (κ3) is 6.03. The molecule has 1 saturated heterocycles. The Balaban J connectivity index is 1.53. The summed E-state index contributed by atoms with van der Waals surface area (Å²) < 4.78 is 5.76. The topological polar surface area (TPSA) is 57.6 Å². The molecule has 1 atom stereocenters. The van der Waals surface area contributed by atoms with E-state index in [-0.39, 0.29) is 12.7 Å². The third-order valence-corrected chi connectivity index (χ3v) is 4.87. The highest BCUT2D eigenvalue weighted by Gasteiger charge is 2.20. The summed E-state index contributed by atoms with van der Waals surface area (Å²) in [6.45, 7) is 7.87. The van der Waals surface area contributed by atoms with E-state index in [1.807, 2.05) is 44.3 Å². The lowest BCUT2D eigenvalue weighted by Crippen LogP contribution is -2.45. The monoisotopic (exact) mass is 369 g/mol. The molecule has 1 fully saturated rings. The van der Waals surface area contributed by atoms with Gasteiger partial charge < -0.3 is 15.2 Å². The molecule has 1 aromatic carbocycles. The van der Waals surface area contributed by atoms with E-state index in [4.69, 9.17) is 4.74 Å². The van der Waals surface area contributed by atoms with Gasteiger partial charge in [-0.2, -0.15) is 0 Å². The number of rotatable bonds is 8. The van der Waals surface area contributed by atoms with Gasteiger partial charge in [0.2, 0.25) is 0 Å². The molecule has 5 nitrogen and oxygen atoms in total. The fraction of sp³-hybridized carbons (Fsp3) is 0.500. The van der Waals surface area contributed by atoms with Crippen molar-refractivity contribution in [2.24, 2.45) is 0 Å². The number of benzene rings is 1. The van der Waals surface area contributed by atoms with Gasteiger partial charge in [0, 0.05) is 37.4 Å². The first kappa shape index (κ1) is 19.8. The summed E-state index contributed by atoms with van der Waals surface area (Å²) in [6, 6.07) is 12.7. The van der Waals surface area contributed by atoms with Crippen molar-refractivity contribution in [2.45, 2.75) is 58.5 Å². The van der Waals surface area contributed by atoms with Gasteiger partial charge in [-0.25, -0.2) is 0 Å². The van der Waals surface area contributed by atoms with Crippen molar-refractivity contribution in [3.8, 4) is 5.75 Å². The Labute approximate surface area is 162 Å². The van der Waals surface area contributed by atoms with Crippen LogP contribution >= 0.6 is 0 Å². The Kier molecular flexibility index (Phi) is 7.21. The van der Waals surface area contributed by atoms with Gasteiger partial charge in [-0.1, -0.05) is 12.1 Å². The van der Waals surface area contributed by atoms with Gasteiger partial charge in [0.15, 0.2) is 0 Å². The lowest BCUT2D eigenvalue weighted by molar-refractivity contribution is 0.181. The van der Waals surface area contributed by atoms with E-state index in [1.54, 1.807) is 0 Å². The zero-order chi connectivity index (χ0) is 19.1. The summed E-state index contributed by atoms with van der Waals surface area (Å²) in [5.41, 5.74) is 3.16. The smallest absolute Gasteiger partial charge is 0.125 e. The number of nitrogens with zero attached hydrogens (tertiary/aromatic N) is 2. The summed E-state index contributed by atoms with van der Waals surface area (Å²) in [5.74, 6) is 0.774. The molecule has 0 aliphatic carbocycles. The predicted octanol–water partition coefficient (Wildman–Crippen LogP) is 3.12. The summed E-state index contributed by atoms with van der Waals surface area (Å²) >= 11 is 0. The average Bonchev–Trinajstić information content (AvgIpc) is 2.68. The number of aromatic nitrogens is 1. The molecule has 0 radical (unpaired) electrons.